The van der Waals surface area contributed by atoms with Gasteiger partial charge in [-0.3, -0.25) is 9.89 Å². The summed E-state index contributed by atoms with van der Waals surface area (Å²) >= 11 is 0. The zero-order valence-electron chi connectivity index (χ0n) is 14.2. The van der Waals surface area contributed by atoms with Gasteiger partial charge in [-0.25, -0.2) is 0 Å². The van der Waals surface area contributed by atoms with Gasteiger partial charge < -0.3 is 20.5 Å². The van der Waals surface area contributed by atoms with Crippen molar-refractivity contribution in [3.8, 4) is 23.3 Å². The van der Waals surface area contributed by atoms with Crippen LogP contribution in [0.2, 0.25) is 0 Å². The Bertz CT molecular complexity index is 821. The van der Waals surface area contributed by atoms with Crippen molar-refractivity contribution < 1.29 is 14.3 Å². The minimum Gasteiger partial charge on any atom is -0.497 e. The van der Waals surface area contributed by atoms with Gasteiger partial charge in [0.25, 0.3) is 5.91 Å². The Balaban J connectivity index is 1.88. The Hall–Kier alpha value is -3.14. The Labute approximate surface area is 145 Å². The average Bonchev–Trinajstić information content (AvgIpc) is 3.36. The number of nitrogens with two attached hydrogens (primary N) is 1. The molecule has 7 nitrogen and oxygen atoms in total. The van der Waals surface area contributed by atoms with Gasteiger partial charge in [0, 0.05) is 18.2 Å². The van der Waals surface area contributed by atoms with E-state index >= 15 is 0 Å². The van der Waals surface area contributed by atoms with Gasteiger partial charge in [-0.2, -0.15) is 5.10 Å². The summed E-state index contributed by atoms with van der Waals surface area (Å²) in [4.78, 5) is 11.8. The molecule has 1 amide bonds. The molecule has 0 atom stereocenters. The van der Waals surface area contributed by atoms with Crippen LogP contribution in [0.4, 0.5) is 5.82 Å². The number of nitrogens with one attached hydrogen (secondary N) is 2. The first-order valence-electron chi connectivity index (χ1n) is 7.98. The van der Waals surface area contributed by atoms with E-state index in [9.17, 15) is 4.79 Å². The van der Waals surface area contributed by atoms with E-state index in [4.69, 9.17) is 15.2 Å². The number of primary amides is 1. The maximum absolute atomic E-state index is 11.8. The predicted octanol–water partition coefficient (Wildman–Crippen LogP) is 1.75. The topological polar surface area (TPSA) is 102 Å². The molecule has 1 aromatic carbocycles. The smallest absolute Gasteiger partial charge is 0.255 e. The first-order chi connectivity index (χ1) is 12.1. The van der Waals surface area contributed by atoms with Gasteiger partial charge in [0.2, 0.25) is 0 Å². The lowest BCUT2D eigenvalue weighted by molar-refractivity contribution is 0.100. The largest absolute Gasteiger partial charge is 0.497 e. The number of hydrogen-bond donors (Lipinski definition) is 3. The molecule has 0 saturated heterocycles. The highest BCUT2D eigenvalue weighted by Gasteiger charge is 2.23. The summed E-state index contributed by atoms with van der Waals surface area (Å²) in [6.45, 7) is 0.794. The van der Waals surface area contributed by atoms with Crippen LogP contribution in [0.25, 0.3) is 0 Å². The summed E-state index contributed by atoms with van der Waals surface area (Å²) < 4.78 is 10.4. The molecule has 7 heteroatoms. The van der Waals surface area contributed by atoms with Crippen LogP contribution >= 0.6 is 0 Å². The number of amides is 1. The number of nitrogens with zero attached hydrogens (tertiary/aromatic N) is 1. The second-order valence-electron chi connectivity index (χ2n) is 5.86. The zero-order chi connectivity index (χ0) is 17.8. The molecule has 0 radical (unpaired) electrons. The molecule has 1 aliphatic carbocycles. The number of hydrogen-bond acceptors (Lipinski definition) is 5. The van der Waals surface area contributed by atoms with Crippen molar-refractivity contribution >= 4 is 11.7 Å². The molecule has 1 fully saturated rings. The molecule has 2 aromatic rings. The Kier molecular flexibility index (Phi) is 4.80. The van der Waals surface area contributed by atoms with E-state index in [1.807, 2.05) is 0 Å². The second kappa shape index (κ2) is 7.18. The molecule has 1 aromatic heterocycles. The van der Waals surface area contributed by atoms with Gasteiger partial charge in [0.15, 0.2) is 0 Å². The summed E-state index contributed by atoms with van der Waals surface area (Å²) in [5.74, 6) is 7.73. The molecule has 1 saturated carbocycles. The number of methoxy groups -OCH3 is 2. The summed E-state index contributed by atoms with van der Waals surface area (Å²) in [7, 11) is 3.14. The fraction of sp³-hybridized carbons (Fsp3) is 0.333. The minimum atomic E-state index is -0.570. The lowest BCUT2D eigenvalue weighted by atomic mass is 10.1. The Morgan fingerprint density at radius 2 is 1.96 bits per heavy atom. The number of ether oxygens (including phenoxy) is 2. The highest BCUT2D eigenvalue weighted by atomic mass is 16.5. The van der Waals surface area contributed by atoms with Crippen LogP contribution in [0.5, 0.6) is 11.5 Å². The van der Waals surface area contributed by atoms with Crippen molar-refractivity contribution in [2.75, 3.05) is 26.1 Å². The zero-order valence-corrected chi connectivity index (χ0v) is 14.2. The van der Waals surface area contributed by atoms with Crippen molar-refractivity contribution in [3.63, 3.8) is 0 Å². The number of carbonyl (C=O) groups is 1. The summed E-state index contributed by atoms with van der Waals surface area (Å²) in [6, 6.07) is 5.31. The van der Waals surface area contributed by atoms with Crippen molar-refractivity contribution in [1.82, 2.24) is 10.2 Å². The first-order valence-corrected chi connectivity index (χ1v) is 7.98. The third-order valence-electron chi connectivity index (χ3n) is 3.95. The lowest BCUT2D eigenvalue weighted by Crippen LogP contribution is -2.15. The third kappa shape index (κ3) is 4.04. The first kappa shape index (κ1) is 16.7. The molecule has 1 aliphatic rings. The molecule has 3 rings (SSSR count). The van der Waals surface area contributed by atoms with E-state index in [1.165, 1.54) is 12.8 Å². The Morgan fingerprint density at radius 1 is 1.28 bits per heavy atom. The standard InChI is InChI=1S/C18H20N4O3/c1-24-13-7-12(8-14(9-13)25-2)5-6-15-16(17(19)23)18(22-21-15)20-10-11-3-4-11/h7-9,11H,3-4,10H2,1-2H3,(H2,19,23)(H2,20,21,22). The fourth-order valence-electron chi connectivity index (χ4n) is 2.38. The van der Waals surface area contributed by atoms with E-state index in [0.29, 0.717) is 34.5 Å². The van der Waals surface area contributed by atoms with Gasteiger partial charge in [-0.1, -0.05) is 5.92 Å². The van der Waals surface area contributed by atoms with Crippen molar-refractivity contribution in [2.45, 2.75) is 12.8 Å². The van der Waals surface area contributed by atoms with Gasteiger partial charge in [0.1, 0.15) is 28.6 Å². The number of benzene rings is 1. The molecule has 0 bridgehead atoms. The molecule has 4 N–H and O–H groups in total. The highest BCUT2D eigenvalue weighted by molar-refractivity contribution is 5.99. The summed E-state index contributed by atoms with van der Waals surface area (Å²) in [5.41, 5.74) is 6.77. The van der Waals surface area contributed by atoms with E-state index in [1.54, 1.807) is 32.4 Å². The SMILES string of the molecule is COc1cc(C#Cc2n[nH]c(NCC3CC3)c2C(N)=O)cc(OC)c1. The highest BCUT2D eigenvalue weighted by Crippen LogP contribution is 2.29. The summed E-state index contributed by atoms with van der Waals surface area (Å²) in [5, 5.41) is 10.1. The number of aromatic nitrogens is 2. The van der Waals surface area contributed by atoms with Gasteiger partial charge in [-0.05, 0) is 36.8 Å². The molecule has 1 heterocycles. The number of H-pyrrole nitrogens is 1. The molecule has 130 valence electrons. The monoisotopic (exact) mass is 340 g/mol. The van der Waals surface area contributed by atoms with Crippen molar-refractivity contribution in [3.05, 3.63) is 35.0 Å². The normalized spacial score (nSPS) is 12.9. The molecule has 0 aliphatic heterocycles. The molecule has 25 heavy (non-hydrogen) atoms. The quantitative estimate of drug-likeness (QED) is 0.695. The van der Waals surface area contributed by atoms with E-state index in [0.717, 1.165) is 6.54 Å². The van der Waals surface area contributed by atoms with Crippen LogP contribution in [0.1, 0.15) is 34.5 Å². The van der Waals surface area contributed by atoms with Crippen LogP contribution in [0.15, 0.2) is 18.2 Å². The number of aromatic amines is 1. The maximum atomic E-state index is 11.8. The van der Waals surface area contributed by atoms with Crippen LogP contribution in [0.3, 0.4) is 0 Å². The van der Waals surface area contributed by atoms with Crippen LogP contribution in [0, 0.1) is 17.8 Å². The molecular formula is C18H20N4O3. The molecular weight excluding hydrogens is 320 g/mol. The van der Waals surface area contributed by atoms with E-state index in [2.05, 4.69) is 27.4 Å². The lowest BCUT2D eigenvalue weighted by Gasteiger charge is -2.04. The van der Waals surface area contributed by atoms with E-state index in [-0.39, 0.29) is 5.56 Å². The van der Waals surface area contributed by atoms with Crippen molar-refractivity contribution in [1.29, 1.82) is 0 Å². The predicted molar refractivity (Wildman–Crippen MR) is 93.8 cm³/mol. The van der Waals surface area contributed by atoms with Gasteiger partial charge in [-0.15, -0.1) is 0 Å². The fourth-order valence-corrected chi connectivity index (χ4v) is 2.38. The summed E-state index contributed by atoms with van der Waals surface area (Å²) in [6.07, 6.45) is 2.41. The second-order valence-corrected chi connectivity index (χ2v) is 5.86. The third-order valence-corrected chi connectivity index (χ3v) is 3.95. The van der Waals surface area contributed by atoms with Crippen LogP contribution < -0.4 is 20.5 Å². The minimum absolute atomic E-state index is 0.281. The van der Waals surface area contributed by atoms with Gasteiger partial charge in [0.05, 0.1) is 14.2 Å². The van der Waals surface area contributed by atoms with Crippen LogP contribution in [-0.2, 0) is 0 Å². The van der Waals surface area contributed by atoms with E-state index < -0.39 is 5.91 Å². The molecule has 0 spiro atoms. The Morgan fingerprint density at radius 3 is 2.52 bits per heavy atom. The number of carbonyl (C=O) groups excluding carboxylic acids is 1. The molecule has 0 unspecified atom stereocenters. The van der Waals surface area contributed by atoms with Crippen molar-refractivity contribution in [2.24, 2.45) is 11.7 Å². The number of anilines is 1. The van der Waals surface area contributed by atoms with Crippen LogP contribution in [-0.4, -0.2) is 36.9 Å². The average molecular weight is 340 g/mol. The maximum Gasteiger partial charge on any atom is 0.255 e. The number of rotatable bonds is 6. The van der Waals surface area contributed by atoms with Gasteiger partial charge >= 0.3 is 0 Å².